The van der Waals surface area contributed by atoms with E-state index < -0.39 is 10.0 Å². The Morgan fingerprint density at radius 3 is 2.42 bits per heavy atom. The molecule has 0 radical (unpaired) electrons. The number of hydrogen-bond donors (Lipinski definition) is 2. The second kappa shape index (κ2) is 7.31. The van der Waals surface area contributed by atoms with Crippen LogP contribution in [-0.4, -0.2) is 32.3 Å². The third-order valence-electron chi connectivity index (χ3n) is 3.31. The third kappa shape index (κ3) is 4.02. The smallest absolute Gasteiger partial charge is 0.263 e. The average Bonchev–Trinajstić information content (AvgIpc) is 2.55. The Labute approximate surface area is 141 Å². The van der Waals surface area contributed by atoms with Crippen LogP contribution in [0.25, 0.3) is 0 Å². The fraction of sp³-hybridized carbons (Fsp3) is 0.250. The third-order valence-corrected chi connectivity index (χ3v) is 4.81. The van der Waals surface area contributed by atoms with Crippen LogP contribution in [-0.2, 0) is 10.0 Å². The quantitative estimate of drug-likeness (QED) is 0.747. The van der Waals surface area contributed by atoms with Crippen LogP contribution in [0.3, 0.4) is 0 Å². The van der Waals surface area contributed by atoms with Gasteiger partial charge in [-0.2, -0.15) is 0 Å². The molecule has 7 nitrogen and oxygen atoms in total. The maximum absolute atomic E-state index is 12.6. The molecule has 0 saturated carbocycles. The number of aromatic nitrogens is 2. The van der Waals surface area contributed by atoms with Gasteiger partial charge in [0.15, 0.2) is 5.82 Å². The lowest BCUT2D eigenvalue weighted by molar-refractivity contribution is 0.411. The van der Waals surface area contributed by atoms with Crippen LogP contribution in [0.1, 0.15) is 11.1 Å². The van der Waals surface area contributed by atoms with Crippen molar-refractivity contribution < 1.29 is 13.2 Å². The predicted molar refractivity (Wildman–Crippen MR) is 94.0 cm³/mol. The summed E-state index contributed by atoms with van der Waals surface area (Å²) in [6, 6.07) is 6.45. The van der Waals surface area contributed by atoms with Crippen LogP contribution < -0.4 is 14.8 Å². The lowest BCUT2D eigenvalue weighted by Gasteiger charge is -2.13. The number of benzene rings is 1. The highest BCUT2D eigenvalue weighted by atomic mass is 32.2. The molecular weight excluding hydrogens is 328 g/mol. The Morgan fingerprint density at radius 1 is 1.17 bits per heavy atom. The Bertz CT molecular complexity index is 833. The lowest BCUT2D eigenvalue weighted by Crippen LogP contribution is -2.16. The highest BCUT2D eigenvalue weighted by Crippen LogP contribution is 2.26. The maximum Gasteiger partial charge on any atom is 0.263 e. The van der Waals surface area contributed by atoms with Gasteiger partial charge in [-0.25, -0.2) is 8.42 Å². The van der Waals surface area contributed by atoms with Crippen LogP contribution >= 0.6 is 0 Å². The van der Waals surface area contributed by atoms with E-state index in [4.69, 9.17) is 4.74 Å². The molecule has 0 bridgehead atoms. The minimum Gasteiger partial charge on any atom is -0.496 e. The number of methoxy groups -OCH3 is 1. The van der Waals surface area contributed by atoms with Crippen LogP contribution in [0.5, 0.6) is 5.75 Å². The summed E-state index contributed by atoms with van der Waals surface area (Å²) < 4.78 is 32.8. The molecule has 2 N–H and O–H groups in total. The summed E-state index contributed by atoms with van der Waals surface area (Å²) in [6.07, 6.45) is 1.69. The first kappa shape index (κ1) is 17.7. The topological polar surface area (TPSA) is 93.2 Å². The van der Waals surface area contributed by atoms with E-state index in [-0.39, 0.29) is 10.7 Å². The molecule has 0 aliphatic rings. The summed E-state index contributed by atoms with van der Waals surface area (Å²) in [5.41, 5.74) is 1.32. The minimum absolute atomic E-state index is 0.145. The van der Waals surface area contributed by atoms with Gasteiger partial charge in [-0.3, -0.25) is 4.72 Å². The molecule has 1 aromatic heterocycles. The minimum atomic E-state index is -3.77. The Hall–Kier alpha value is -2.61. The monoisotopic (exact) mass is 348 g/mol. The number of nitrogens with one attached hydrogen (secondary N) is 2. The molecule has 0 atom stereocenters. The van der Waals surface area contributed by atoms with Crippen molar-refractivity contribution in [2.24, 2.45) is 0 Å². The largest absolute Gasteiger partial charge is 0.496 e. The number of hydrogen-bond acceptors (Lipinski definition) is 6. The first-order chi connectivity index (χ1) is 11.4. The zero-order valence-corrected chi connectivity index (χ0v) is 14.6. The second-order valence-electron chi connectivity index (χ2n) is 5.17. The number of nitrogens with zero attached hydrogens (tertiary/aromatic N) is 2. The van der Waals surface area contributed by atoms with Crippen LogP contribution in [0.2, 0.25) is 0 Å². The Kier molecular flexibility index (Phi) is 5.40. The number of aryl methyl sites for hydroxylation is 2. The van der Waals surface area contributed by atoms with Gasteiger partial charge in [-0.15, -0.1) is 16.8 Å². The van der Waals surface area contributed by atoms with Gasteiger partial charge < -0.3 is 10.1 Å². The van der Waals surface area contributed by atoms with Crippen molar-refractivity contribution in [3.05, 3.63) is 48.0 Å². The van der Waals surface area contributed by atoms with Crippen molar-refractivity contribution in [2.75, 3.05) is 23.7 Å². The highest BCUT2D eigenvalue weighted by Gasteiger charge is 2.19. The molecule has 2 aromatic rings. The first-order valence-electron chi connectivity index (χ1n) is 7.24. The normalized spacial score (nSPS) is 11.0. The standard InChI is InChI=1S/C16H20N4O3S/c1-5-8-17-15-6-7-16(19-18-15)20-24(21,22)14-10-11(2)13(23-4)9-12(14)3/h5-7,9-10H,1,8H2,2-4H3,(H,17,18)(H,19,20). The van der Waals surface area contributed by atoms with Crippen molar-refractivity contribution in [3.8, 4) is 5.75 Å². The SMILES string of the molecule is C=CCNc1ccc(NS(=O)(=O)c2cc(C)c(OC)cc2C)nn1. The summed E-state index contributed by atoms with van der Waals surface area (Å²) >= 11 is 0. The molecule has 0 unspecified atom stereocenters. The van der Waals surface area contributed by atoms with Gasteiger partial charge in [0.2, 0.25) is 0 Å². The molecule has 0 fully saturated rings. The van der Waals surface area contributed by atoms with E-state index in [1.54, 1.807) is 51.3 Å². The van der Waals surface area contributed by atoms with Crippen molar-refractivity contribution in [1.29, 1.82) is 0 Å². The van der Waals surface area contributed by atoms with Gasteiger partial charge in [-0.1, -0.05) is 6.08 Å². The zero-order chi connectivity index (χ0) is 17.7. The van der Waals surface area contributed by atoms with E-state index in [9.17, 15) is 8.42 Å². The van der Waals surface area contributed by atoms with Crippen LogP contribution in [0.4, 0.5) is 11.6 Å². The Morgan fingerprint density at radius 2 is 1.83 bits per heavy atom. The summed E-state index contributed by atoms with van der Waals surface area (Å²) in [4.78, 5) is 0.177. The fourth-order valence-electron chi connectivity index (χ4n) is 2.12. The molecule has 1 aromatic carbocycles. The molecule has 0 saturated heterocycles. The number of ether oxygens (including phenoxy) is 1. The average molecular weight is 348 g/mol. The number of sulfonamides is 1. The molecular formula is C16H20N4O3S. The van der Waals surface area contributed by atoms with E-state index in [0.29, 0.717) is 23.7 Å². The van der Waals surface area contributed by atoms with Gasteiger partial charge >= 0.3 is 0 Å². The molecule has 128 valence electrons. The molecule has 0 amide bonds. The van der Waals surface area contributed by atoms with Crippen molar-refractivity contribution in [1.82, 2.24) is 10.2 Å². The molecule has 8 heteroatoms. The number of anilines is 2. The first-order valence-corrected chi connectivity index (χ1v) is 8.72. The molecule has 2 rings (SSSR count). The van der Waals surface area contributed by atoms with E-state index >= 15 is 0 Å². The van der Waals surface area contributed by atoms with Gasteiger partial charge in [0.05, 0.1) is 12.0 Å². The van der Waals surface area contributed by atoms with E-state index in [0.717, 1.165) is 5.56 Å². The lowest BCUT2D eigenvalue weighted by atomic mass is 10.1. The molecule has 0 aliphatic carbocycles. The van der Waals surface area contributed by atoms with Gasteiger partial charge in [0.25, 0.3) is 10.0 Å². The van der Waals surface area contributed by atoms with Crippen LogP contribution in [0.15, 0.2) is 41.8 Å². The summed E-state index contributed by atoms with van der Waals surface area (Å²) in [6.45, 7) is 7.64. The van der Waals surface area contributed by atoms with Crippen molar-refractivity contribution in [3.63, 3.8) is 0 Å². The van der Waals surface area contributed by atoms with Gasteiger partial charge in [-0.05, 0) is 49.2 Å². The van der Waals surface area contributed by atoms with Crippen molar-refractivity contribution >= 4 is 21.7 Å². The summed E-state index contributed by atoms with van der Waals surface area (Å²) in [5.74, 6) is 1.32. The van der Waals surface area contributed by atoms with Crippen molar-refractivity contribution in [2.45, 2.75) is 18.7 Å². The molecule has 0 spiro atoms. The van der Waals surface area contributed by atoms with E-state index in [2.05, 4.69) is 26.8 Å². The molecule has 1 heterocycles. The highest BCUT2D eigenvalue weighted by molar-refractivity contribution is 7.92. The molecule has 24 heavy (non-hydrogen) atoms. The van der Waals surface area contributed by atoms with Gasteiger partial charge in [0, 0.05) is 6.54 Å². The zero-order valence-electron chi connectivity index (χ0n) is 13.8. The van der Waals surface area contributed by atoms with Gasteiger partial charge in [0.1, 0.15) is 11.6 Å². The van der Waals surface area contributed by atoms with E-state index in [1.807, 2.05) is 0 Å². The maximum atomic E-state index is 12.6. The summed E-state index contributed by atoms with van der Waals surface area (Å²) in [5, 5.41) is 10.7. The molecule has 0 aliphatic heterocycles. The number of rotatable bonds is 7. The van der Waals surface area contributed by atoms with E-state index in [1.165, 1.54) is 0 Å². The Balaban J connectivity index is 2.25. The van der Waals surface area contributed by atoms with Crippen LogP contribution in [0, 0.1) is 13.8 Å². The predicted octanol–water partition coefficient (Wildman–Crippen LogP) is 2.50. The summed E-state index contributed by atoms with van der Waals surface area (Å²) in [7, 11) is -2.22. The fourth-order valence-corrected chi connectivity index (χ4v) is 3.43. The second-order valence-corrected chi connectivity index (χ2v) is 6.82.